The number of aryl methyl sites for hydroxylation is 2. The Morgan fingerprint density at radius 3 is 1.76 bits per heavy atom. The highest BCUT2D eigenvalue weighted by Gasteiger charge is 2.31. The molecule has 0 radical (unpaired) electrons. The van der Waals surface area contributed by atoms with Gasteiger partial charge in [0, 0.05) is 61.3 Å². The molecule has 0 saturated carbocycles. The number of fused-ring (bicyclic) bond motifs is 2. The first-order chi connectivity index (χ1) is 26.9. The summed E-state index contributed by atoms with van der Waals surface area (Å²) in [7, 11) is 1.89. The number of imidazole rings is 2. The molecule has 2 atom stereocenters. The van der Waals surface area contributed by atoms with Crippen LogP contribution in [0.25, 0.3) is 33.4 Å². The van der Waals surface area contributed by atoms with Crippen LogP contribution in [0.15, 0.2) is 97.1 Å². The van der Waals surface area contributed by atoms with Gasteiger partial charge in [0.2, 0.25) is 0 Å². The van der Waals surface area contributed by atoms with Gasteiger partial charge in [-0.2, -0.15) is 0 Å². The van der Waals surface area contributed by atoms with Crippen LogP contribution in [0, 0.1) is 13.8 Å². The molecule has 13 heteroatoms. The summed E-state index contributed by atoms with van der Waals surface area (Å²) in [6.07, 6.45) is 1.39. The van der Waals surface area contributed by atoms with Gasteiger partial charge in [-0.25, -0.2) is 14.8 Å². The number of benzene rings is 4. The highest BCUT2D eigenvalue weighted by Crippen LogP contribution is 2.24. The fraction of sp³-hybridized carbons (Fsp3) is 0.370. The van der Waals surface area contributed by atoms with Gasteiger partial charge in [-0.05, 0) is 127 Å². The standard InChI is InChI=1S/C24H28N4O3.C20H22N4O.2CH4.ClH/c1-16-25-20-7-5-6-8-21(20)28(16)19-11-9-17(10-12-19)22(29)26-18-13-14-27(15-18)23(30)31-24(2,3)4;1-14-22-18-5-3-4-6-19(18)24(14)16-9-7-15(8-10-16)20(25)23(2)17-11-12-21-13-17;;;/h5-12,18H,13-15H2,1-4H3,(H,26,29);3-10,17,21H,11-13H2,1-2H3;2*1H4;1H/t18-;;;;/m1..../s1. The third-order valence-corrected chi connectivity index (χ3v) is 10.3. The van der Waals surface area contributed by atoms with Gasteiger partial charge < -0.3 is 25.2 Å². The zero-order valence-electron chi connectivity index (χ0n) is 33.4. The van der Waals surface area contributed by atoms with Crippen LogP contribution >= 0.6 is 12.4 Å². The molecule has 2 fully saturated rings. The average molecular weight is 823 g/mol. The van der Waals surface area contributed by atoms with Crippen molar-refractivity contribution in [3.8, 4) is 11.4 Å². The van der Waals surface area contributed by atoms with E-state index in [1.165, 1.54) is 0 Å². The number of para-hydroxylation sites is 4. The highest BCUT2D eigenvalue weighted by molar-refractivity contribution is 5.95. The summed E-state index contributed by atoms with van der Waals surface area (Å²) in [6.45, 7) is 12.4. The zero-order chi connectivity index (χ0) is 39.6. The first kappa shape index (κ1) is 46.0. The van der Waals surface area contributed by atoms with Crippen molar-refractivity contribution in [3.63, 3.8) is 0 Å². The lowest BCUT2D eigenvalue weighted by molar-refractivity contribution is 0.0289. The van der Waals surface area contributed by atoms with E-state index in [4.69, 9.17) is 4.74 Å². The third-order valence-electron chi connectivity index (χ3n) is 10.3. The van der Waals surface area contributed by atoms with Crippen molar-refractivity contribution in [1.82, 2.24) is 39.5 Å². The number of carbonyl (C=O) groups is 3. The second-order valence-electron chi connectivity index (χ2n) is 15.5. The SMILES string of the molecule is C.C.Cc1nc2ccccc2n1-c1ccc(C(=O)N(C)C2CCNC2)cc1.Cc1nc2ccccc2n1-c1ccc(C(=O)N[C@@H]2CCN(C(=O)OC(C)(C)C)C2)cc1.Cl. The Hall–Kier alpha value is -5.72. The number of carbonyl (C=O) groups excluding carboxylic acids is 3. The Morgan fingerprint density at radius 2 is 1.27 bits per heavy atom. The molecular formula is C46H59ClN8O4. The number of hydrogen-bond acceptors (Lipinski definition) is 7. The molecule has 3 amide bonds. The molecule has 12 nitrogen and oxygen atoms in total. The molecule has 2 aromatic heterocycles. The molecule has 8 rings (SSSR count). The zero-order valence-corrected chi connectivity index (χ0v) is 34.2. The van der Waals surface area contributed by atoms with Crippen molar-refractivity contribution >= 4 is 52.4 Å². The minimum atomic E-state index is -0.529. The number of likely N-dealkylation sites (N-methyl/N-ethyl adjacent to an activating group) is 1. The summed E-state index contributed by atoms with van der Waals surface area (Å²) < 4.78 is 9.61. The molecular weight excluding hydrogens is 764 g/mol. The molecule has 2 N–H and O–H groups in total. The predicted octanol–water partition coefficient (Wildman–Crippen LogP) is 8.53. The van der Waals surface area contributed by atoms with Crippen molar-refractivity contribution in [2.24, 2.45) is 0 Å². The fourth-order valence-electron chi connectivity index (χ4n) is 7.44. The summed E-state index contributed by atoms with van der Waals surface area (Å²) in [4.78, 5) is 50.3. The number of hydrogen-bond donors (Lipinski definition) is 2. The molecule has 1 unspecified atom stereocenters. The summed E-state index contributed by atoms with van der Waals surface area (Å²) in [6, 6.07) is 31.6. The second-order valence-corrected chi connectivity index (χ2v) is 15.5. The van der Waals surface area contributed by atoms with E-state index in [1.54, 1.807) is 4.90 Å². The van der Waals surface area contributed by atoms with E-state index in [2.05, 4.69) is 35.8 Å². The predicted molar refractivity (Wildman–Crippen MR) is 239 cm³/mol. The number of nitrogens with zero attached hydrogens (tertiary/aromatic N) is 6. The summed E-state index contributed by atoms with van der Waals surface area (Å²) in [5.74, 6) is 1.77. The molecule has 314 valence electrons. The van der Waals surface area contributed by atoms with Gasteiger partial charge in [0.05, 0.1) is 22.1 Å². The number of halogens is 1. The summed E-state index contributed by atoms with van der Waals surface area (Å²) in [5, 5.41) is 6.34. The van der Waals surface area contributed by atoms with Gasteiger partial charge in [0.25, 0.3) is 11.8 Å². The highest BCUT2D eigenvalue weighted by atomic mass is 35.5. The van der Waals surface area contributed by atoms with Crippen molar-refractivity contribution in [2.45, 2.75) is 80.0 Å². The van der Waals surface area contributed by atoms with Crippen LogP contribution in [0.2, 0.25) is 0 Å². The van der Waals surface area contributed by atoms with Gasteiger partial charge in [-0.3, -0.25) is 18.7 Å². The van der Waals surface area contributed by atoms with Gasteiger partial charge in [0.15, 0.2) is 0 Å². The molecule has 6 aromatic rings. The van der Waals surface area contributed by atoms with Gasteiger partial charge in [-0.1, -0.05) is 39.1 Å². The molecule has 2 aliphatic rings. The topological polar surface area (TPSA) is 127 Å². The van der Waals surface area contributed by atoms with Gasteiger partial charge in [0.1, 0.15) is 17.2 Å². The monoisotopic (exact) mass is 822 g/mol. The Kier molecular flexibility index (Phi) is 15.1. The molecule has 4 heterocycles. The Labute approximate surface area is 354 Å². The number of ether oxygens (including phenoxy) is 1. The number of nitrogens with one attached hydrogen (secondary N) is 2. The molecule has 0 bridgehead atoms. The number of likely N-dealkylation sites (tertiary alicyclic amines) is 1. The number of rotatable bonds is 6. The smallest absolute Gasteiger partial charge is 0.410 e. The van der Waals surface area contributed by atoms with E-state index in [1.807, 2.05) is 138 Å². The molecule has 0 spiro atoms. The third kappa shape index (κ3) is 10.3. The van der Waals surface area contributed by atoms with Crippen LogP contribution < -0.4 is 10.6 Å². The van der Waals surface area contributed by atoms with Crippen LogP contribution in [-0.4, -0.2) is 97.7 Å². The first-order valence-electron chi connectivity index (χ1n) is 19.2. The molecule has 0 aliphatic carbocycles. The van der Waals surface area contributed by atoms with E-state index in [0.29, 0.717) is 25.1 Å². The van der Waals surface area contributed by atoms with Crippen molar-refractivity contribution in [3.05, 3.63) is 120 Å². The normalized spacial score (nSPS) is 15.9. The van der Waals surface area contributed by atoms with E-state index >= 15 is 0 Å². The van der Waals surface area contributed by atoms with E-state index in [0.717, 1.165) is 70.2 Å². The lowest BCUT2D eigenvalue weighted by Crippen LogP contribution is -2.40. The van der Waals surface area contributed by atoms with Crippen LogP contribution in [0.1, 0.15) is 80.8 Å². The maximum atomic E-state index is 12.7. The van der Waals surface area contributed by atoms with Crippen LogP contribution in [0.3, 0.4) is 0 Å². The largest absolute Gasteiger partial charge is 0.444 e. The maximum absolute atomic E-state index is 12.7. The van der Waals surface area contributed by atoms with Gasteiger partial charge in [-0.15, -0.1) is 12.4 Å². The van der Waals surface area contributed by atoms with E-state index < -0.39 is 5.60 Å². The molecule has 2 saturated heterocycles. The molecule has 4 aromatic carbocycles. The summed E-state index contributed by atoms with van der Waals surface area (Å²) in [5.41, 5.74) is 6.79. The first-order valence-corrected chi connectivity index (χ1v) is 19.2. The molecule has 59 heavy (non-hydrogen) atoms. The molecule has 2 aliphatic heterocycles. The van der Waals surface area contributed by atoms with Crippen molar-refractivity contribution in [2.75, 3.05) is 33.2 Å². The van der Waals surface area contributed by atoms with E-state index in [-0.39, 0.29) is 57.3 Å². The Morgan fingerprint density at radius 1 is 0.763 bits per heavy atom. The minimum Gasteiger partial charge on any atom is -0.444 e. The fourth-order valence-corrected chi connectivity index (χ4v) is 7.44. The Bertz CT molecular complexity index is 2360. The number of aromatic nitrogens is 4. The van der Waals surface area contributed by atoms with Crippen LogP contribution in [0.5, 0.6) is 0 Å². The van der Waals surface area contributed by atoms with Gasteiger partial charge >= 0.3 is 6.09 Å². The summed E-state index contributed by atoms with van der Waals surface area (Å²) >= 11 is 0. The second kappa shape index (κ2) is 19.4. The number of amides is 3. The lowest BCUT2D eigenvalue weighted by atomic mass is 10.1. The average Bonchev–Trinajstić information content (AvgIpc) is 4.00. The van der Waals surface area contributed by atoms with Crippen molar-refractivity contribution < 1.29 is 19.1 Å². The maximum Gasteiger partial charge on any atom is 0.410 e. The van der Waals surface area contributed by atoms with Crippen molar-refractivity contribution in [1.29, 1.82) is 0 Å². The van der Waals surface area contributed by atoms with Crippen LogP contribution in [0.4, 0.5) is 4.79 Å². The lowest BCUT2D eigenvalue weighted by Gasteiger charge is -2.24. The minimum absolute atomic E-state index is 0. The van der Waals surface area contributed by atoms with E-state index in [9.17, 15) is 14.4 Å². The van der Waals surface area contributed by atoms with Crippen LogP contribution in [-0.2, 0) is 4.74 Å². The Balaban J connectivity index is 0.000000253. The quantitative estimate of drug-likeness (QED) is 0.173.